The second kappa shape index (κ2) is 12.9. The zero-order valence-corrected chi connectivity index (χ0v) is 18.5. The number of rotatable bonds is 11. The largest absolute Gasteiger partial charge is 0.465 e. The molecule has 7 nitrogen and oxygen atoms in total. The van der Waals surface area contributed by atoms with Crippen LogP contribution >= 0.6 is 0 Å². The van der Waals surface area contributed by atoms with Crippen molar-refractivity contribution in [3.8, 4) is 0 Å². The molecule has 1 aliphatic heterocycles. The Morgan fingerprint density at radius 2 is 1.65 bits per heavy atom. The summed E-state index contributed by atoms with van der Waals surface area (Å²) in [5.74, 6) is -1.21. The second-order valence-corrected chi connectivity index (χ2v) is 7.39. The lowest BCUT2D eigenvalue weighted by molar-refractivity contribution is -0.173. The van der Waals surface area contributed by atoms with E-state index in [9.17, 15) is 14.4 Å². The topological polar surface area (TPSA) is 82.1 Å². The summed E-state index contributed by atoms with van der Waals surface area (Å²) in [5.41, 5.74) is -0.505. The van der Waals surface area contributed by atoms with Crippen LogP contribution in [0.3, 0.4) is 0 Å². The highest BCUT2D eigenvalue weighted by Gasteiger charge is 2.47. The van der Waals surface area contributed by atoms with Crippen LogP contribution < -0.4 is 0 Å². The highest BCUT2D eigenvalue weighted by molar-refractivity contribution is 6.00. The SMILES string of the molecule is CCOC(=O)C(C/C=C/c1ccccc1)(CCCC(=O)N1CCOCC1)C(=O)OCC. The zero-order valence-electron chi connectivity index (χ0n) is 18.5. The Kier molecular flexibility index (Phi) is 10.2. The molecule has 7 heteroatoms. The predicted octanol–water partition coefficient (Wildman–Crippen LogP) is 3.23. The van der Waals surface area contributed by atoms with Crippen LogP contribution in [-0.2, 0) is 28.6 Å². The Hall–Kier alpha value is -2.67. The number of esters is 2. The van der Waals surface area contributed by atoms with E-state index in [1.165, 1.54) is 0 Å². The van der Waals surface area contributed by atoms with E-state index in [1.54, 1.807) is 24.8 Å². The molecular formula is C24H33NO6. The number of carbonyl (C=O) groups excluding carboxylic acids is 3. The van der Waals surface area contributed by atoms with Crippen LogP contribution in [0.15, 0.2) is 36.4 Å². The van der Waals surface area contributed by atoms with Crippen molar-refractivity contribution in [1.82, 2.24) is 4.90 Å². The Morgan fingerprint density at radius 1 is 1.03 bits per heavy atom. The molecule has 0 radical (unpaired) electrons. The van der Waals surface area contributed by atoms with E-state index in [0.717, 1.165) is 5.56 Å². The molecule has 1 aromatic carbocycles. The average molecular weight is 432 g/mol. The normalized spacial score (nSPS) is 14.5. The van der Waals surface area contributed by atoms with Gasteiger partial charge in [-0.1, -0.05) is 42.5 Å². The summed E-state index contributed by atoms with van der Waals surface area (Å²) in [6.45, 7) is 5.94. The lowest BCUT2D eigenvalue weighted by atomic mass is 9.79. The van der Waals surface area contributed by atoms with Crippen LogP contribution in [0.1, 0.15) is 45.1 Å². The summed E-state index contributed by atoms with van der Waals surface area (Å²) < 4.78 is 15.8. The molecule has 0 saturated carbocycles. The maximum atomic E-state index is 12.9. The first-order valence-electron chi connectivity index (χ1n) is 10.9. The van der Waals surface area contributed by atoms with E-state index < -0.39 is 17.4 Å². The van der Waals surface area contributed by atoms with E-state index >= 15 is 0 Å². The molecule has 0 atom stereocenters. The van der Waals surface area contributed by atoms with Gasteiger partial charge in [0.25, 0.3) is 0 Å². The van der Waals surface area contributed by atoms with Gasteiger partial charge in [0, 0.05) is 19.5 Å². The maximum Gasteiger partial charge on any atom is 0.323 e. The number of amides is 1. The number of nitrogens with zero attached hydrogens (tertiary/aromatic N) is 1. The number of morpholine rings is 1. The Morgan fingerprint density at radius 3 is 2.23 bits per heavy atom. The van der Waals surface area contributed by atoms with Gasteiger partial charge in [-0.3, -0.25) is 14.4 Å². The number of benzene rings is 1. The molecule has 1 amide bonds. The van der Waals surface area contributed by atoms with Crippen LogP contribution in [0, 0.1) is 5.41 Å². The van der Waals surface area contributed by atoms with Gasteiger partial charge in [0.15, 0.2) is 5.41 Å². The first-order valence-corrected chi connectivity index (χ1v) is 10.9. The molecule has 0 N–H and O–H groups in total. The van der Waals surface area contributed by atoms with Crippen LogP contribution in [-0.4, -0.2) is 62.3 Å². The molecule has 0 unspecified atom stereocenters. The molecule has 1 heterocycles. The number of hydrogen-bond acceptors (Lipinski definition) is 6. The van der Waals surface area contributed by atoms with Crippen LogP contribution in [0.25, 0.3) is 6.08 Å². The molecule has 0 bridgehead atoms. The fourth-order valence-corrected chi connectivity index (χ4v) is 3.57. The van der Waals surface area contributed by atoms with E-state index in [1.807, 2.05) is 36.4 Å². The molecular weight excluding hydrogens is 398 g/mol. The molecule has 1 fully saturated rings. The minimum Gasteiger partial charge on any atom is -0.465 e. The van der Waals surface area contributed by atoms with Crippen molar-refractivity contribution in [2.75, 3.05) is 39.5 Å². The van der Waals surface area contributed by atoms with Gasteiger partial charge in [0.1, 0.15) is 0 Å². The Labute approximate surface area is 184 Å². The van der Waals surface area contributed by atoms with Gasteiger partial charge in [-0.25, -0.2) is 0 Å². The van der Waals surface area contributed by atoms with Crippen molar-refractivity contribution in [2.24, 2.45) is 5.41 Å². The summed E-state index contributed by atoms with van der Waals surface area (Å²) in [4.78, 5) is 40.1. The van der Waals surface area contributed by atoms with Gasteiger partial charge in [-0.2, -0.15) is 0 Å². The average Bonchev–Trinajstić information content (AvgIpc) is 2.79. The van der Waals surface area contributed by atoms with Gasteiger partial charge in [0.05, 0.1) is 26.4 Å². The predicted molar refractivity (Wildman–Crippen MR) is 117 cm³/mol. The standard InChI is InChI=1S/C24H33NO6/c1-3-30-22(27)24(23(28)31-4-2,14-8-12-20-10-6-5-7-11-20)15-9-13-21(26)25-16-18-29-19-17-25/h5-8,10-12H,3-4,9,13-19H2,1-2H3/b12-8+. The Balaban J connectivity index is 2.14. The highest BCUT2D eigenvalue weighted by Crippen LogP contribution is 2.34. The second-order valence-electron chi connectivity index (χ2n) is 7.39. The van der Waals surface area contributed by atoms with Crippen molar-refractivity contribution in [3.05, 3.63) is 42.0 Å². The minimum atomic E-state index is -1.47. The lowest BCUT2D eigenvalue weighted by Crippen LogP contribution is -2.43. The van der Waals surface area contributed by atoms with Crippen LogP contribution in [0.2, 0.25) is 0 Å². The number of hydrogen-bond donors (Lipinski definition) is 0. The fraction of sp³-hybridized carbons (Fsp3) is 0.542. The van der Waals surface area contributed by atoms with E-state index in [-0.39, 0.29) is 38.4 Å². The van der Waals surface area contributed by atoms with Gasteiger partial charge in [-0.15, -0.1) is 0 Å². The van der Waals surface area contributed by atoms with Gasteiger partial charge in [-0.05, 0) is 38.7 Å². The molecule has 0 aromatic heterocycles. The van der Waals surface area contributed by atoms with E-state index in [4.69, 9.17) is 14.2 Å². The van der Waals surface area contributed by atoms with Crippen molar-refractivity contribution >= 4 is 23.9 Å². The number of carbonyl (C=O) groups is 3. The number of ether oxygens (including phenoxy) is 3. The van der Waals surface area contributed by atoms with Gasteiger partial charge >= 0.3 is 11.9 Å². The molecule has 0 aliphatic carbocycles. The maximum absolute atomic E-state index is 12.9. The third kappa shape index (κ3) is 7.21. The summed E-state index contributed by atoms with van der Waals surface area (Å²) in [6.07, 6.45) is 4.63. The highest BCUT2D eigenvalue weighted by atomic mass is 16.6. The quantitative estimate of drug-likeness (QED) is 0.395. The molecule has 1 aromatic rings. The van der Waals surface area contributed by atoms with Gasteiger partial charge in [0.2, 0.25) is 5.91 Å². The summed E-state index contributed by atoms with van der Waals surface area (Å²) >= 11 is 0. The lowest BCUT2D eigenvalue weighted by Gasteiger charge is -2.29. The van der Waals surface area contributed by atoms with Crippen molar-refractivity contribution < 1.29 is 28.6 Å². The van der Waals surface area contributed by atoms with Crippen LogP contribution in [0.5, 0.6) is 0 Å². The smallest absolute Gasteiger partial charge is 0.323 e. The minimum absolute atomic E-state index is 0.00439. The summed E-state index contributed by atoms with van der Waals surface area (Å²) in [7, 11) is 0. The molecule has 31 heavy (non-hydrogen) atoms. The van der Waals surface area contributed by atoms with E-state index in [0.29, 0.717) is 32.7 Å². The van der Waals surface area contributed by atoms with Crippen molar-refractivity contribution in [3.63, 3.8) is 0 Å². The Bertz CT molecular complexity index is 722. The van der Waals surface area contributed by atoms with Crippen molar-refractivity contribution in [1.29, 1.82) is 0 Å². The van der Waals surface area contributed by atoms with Crippen molar-refractivity contribution in [2.45, 2.75) is 39.5 Å². The number of allylic oxidation sites excluding steroid dienone is 1. The summed E-state index contributed by atoms with van der Waals surface area (Å²) in [6, 6.07) is 9.63. The molecule has 2 rings (SSSR count). The van der Waals surface area contributed by atoms with Crippen LogP contribution in [0.4, 0.5) is 0 Å². The first-order chi connectivity index (χ1) is 15.0. The summed E-state index contributed by atoms with van der Waals surface area (Å²) in [5, 5.41) is 0. The molecule has 1 aliphatic rings. The zero-order chi connectivity index (χ0) is 22.5. The third-order valence-electron chi connectivity index (χ3n) is 5.27. The first kappa shape index (κ1) is 24.6. The van der Waals surface area contributed by atoms with Gasteiger partial charge < -0.3 is 19.1 Å². The fourth-order valence-electron chi connectivity index (χ4n) is 3.57. The molecule has 1 saturated heterocycles. The molecule has 0 spiro atoms. The third-order valence-corrected chi connectivity index (χ3v) is 5.27. The van der Waals surface area contributed by atoms with E-state index in [2.05, 4.69) is 0 Å². The monoisotopic (exact) mass is 431 g/mol. The molecule has 170 valence electrons.